The maximum Gasteiger partial charge on any atom is 0.191 e. The van der Waals surface area contributed by atoms with Gasteiger partial charge in [0.2, 0.25) is 0 Å². The number of para-hydroxylation sites is 1. The molecule has 5 nitrogen and oxygen atoms in total. The van der Waals surface area contributed by atoms with Crippen molar-refractivity contribution in [3.05, 3.63) is 70.9 Å². The molecule has 2 aromatic heterocycles. The normalized spacial score (nSPS) is 12.2. The molecule has 0 amide bonds. The van der Waals surface area contributed by atoms with E-state index in [1.807, 2.05) is 29.2 Å². The Morgan fingerprint density at radius 1 is 1.19 bits per heavy atom. The highest BCUT2D eigenvalue weighted by Crippen LogP contribution is 2.26. The van der Waals surface area contributed by atoms with E-state index in [1.54, 1.807) is 24.6 Å². The summed E-state index contributed by atoms with van der Waals surface area (Å²) in [5, 5.41) is 8.99. The number of hydrogen-bond acceptors (Lipinski definition) is 3. The van der Waals surface area contributed by atoms with Crippen LogP contribution >= 0.6 is 11.3 Å². The molecule has 0 aliphatic rings. The highest BCUT2D eigenvalue weighted by atomic mass is 32.1. The van der Waals surface area contributed by atoms with Gasteiger partial charge in [-0.2, -0.15) is 0 Å². The monoisotopic (exact) mass is 367 g/mol. The summed E-state index contributed by atoms with van der Waals surface area (Å²) in [6.45, 7) is 5.99. The topological polar surface area (TPSA) is 54.2 Å². The van der Waals surface area contributed by atoms with Crippen LogP contribution in [0.3, 0.4) is 0 Å². The molecular weight excluding hydrogens is 342 g/mol. The SMILES string of the molecule is CN=C(NCc1ccccc1-n1ccnc1)NCC(C)(C)c1cccs1. The standard InChI is InChI=1S/C20H25N5S/c1-20(2,18-9-6-12-26-18)14-24-19(21-3)23-13-16-7-4-5-8-17(16)25-11-10-22-15-25/h4-12,15H,13-14H2,1-3H3,(H2,21,23,24). The van der Waals surface area contributed by atoms with Crippen LogP contribution in [0.2, 0.25) is 0 Å². The van der Waals surface area contributed by atoms with Crippen molar-refractivity contribution in [2.75, 3.05) is 13.6 Å². The third-order valence-corrected chi connectivity index (χ3v) is 5.57. The second-order valence-corrected chi connectivity index (χ2v) is 7.69. The Hall–Kier alpha value is -2.60. The highest BCUT2D eigenvalue weighted by Gasteiger charge is 2.21. The largest absolute Gasteiger partial charge is 0.356 e. The van der Waals surface area contributed by atoms with Gasteiger partial charge in [-0.15, -0.1) is 11.3 Å². The minimum absolute atomic E-state index is 0.0561. The number of hydrogen-bond donors (Lipinski definition) is 2. The van der Waals surface area contributed by atoms with Gasteiger partial charge in [0.1, 0.15) is 0 Å². The Labute approximate surface area is 158 Å². The van der Waals surface area contributed by atoms with Gasteiger partial charge in [0, 0.05) is 42.8 Å². The number of thiophene rings is 1. The Kier molecular flexibility index (Phi) is 5.73. The summed E-state index contributed by atoms with van der Waals surface area (Å²) in [4.78, 5) is 9.86. The Balaban J connectivity index is 1.62. The lowest BCUT2D eigenvalue weighted by Gasteiger charge is -2.25. The summed E-state index contributed by atoms with van der Waals surface area (Å²) in [7, 11) is 1.80. The molecule has 0 aliphatic carbocycles. The van der Waals surface area contributed by atoms with Gasteiger partial charge in [0.15, 0.2) is 5.96 Å². The maximum absolute atomic E-state index is 4.36. The summed E-state index contributed by atoms with van der Waals surface area (Å²) in [5.41, 5.74) is 2.36. The molecule has 0 radical (unpaired) electrons. The number of guanidine groups is 1. The van der Waals surface area contributed by atoms with E-state index in [0.29, 0.717) is 6.54 Å². The first-order valence-corrected chi connectivity index (χ1v) is 9.53. The minimum atomic E-state index is 0.0561. The molecule has 0 unspecified atom stereocenters. The molecule has 2 heterocycles. The highest BCUT2D eigenvalue weighted by molar-refractivity contribution is 7.10. The van der Waals surface area contributed by atoms with Gasteiger partial charge in [-0.25, -0.2) is 4.98 Å². The summed E-state index contributed by atoms with van der Waals surface area (Å²) >= 11 is 1.79. The first-order valence-electron chi connectivity index (χ1n) is 8.65. The Bertz CT molecular complexity index is 835. The first kappa shape index (κ1) is 18.2. The van der Waals surface area contributed by atoms with Crippen molar-refractivity contribution >= 4 is 17.3 Å². The Morgan fingerprint density at radius 3 is 2.73 bits per heavy atom. The number of aromatic nitrogens is 2. The van der Waals surface area contributed by atoms with Crippen molar-refractivity contribution in [1.82, 2.24) is 20.2 Å². The fourth-order valence-electron chi connectivity index (χ4n) is 2.77. The van der Waals surface area contributed by atoms with Crippen LogP contribution in [-0.2, 0) is 12.0 Å². The minimum Gasteiger partial charge on any atom is -0.356 e. The molecule has 3 rings (SSSR count). The Morgan fingerprint density at radius 2 is 2.04 bits per heavy atom. The van der Waals surface area contributed by atoms with E-state index >= 15 is 0 Å². The van der Waals surface area contributed by atoms with Gasteiger partial charge >= 0.3 is 0 Å². The third kappa shape index (κ3) is 4.32. The molecule has 136 valence electrons. The predicted octanol–water partition coefficient (Wildman–Crippen LogP) is 3.58. The molecule has 0 atom stereocenters. The molecule has 0 saturated carbocycles. The molecule has 0 bridgehead atoms. The van der Waals surface area contributed by atoms with Gasteiger partial charge < -0.3 is 15.2 Å². The van der Waals surface area contributed by atoms with Crippen LogP contribution in [0.1, 0.15) is 24.3 Å². The molecular formula is C20H25N5S. The molecule has 0 saturated heterocycles. The molecule has 6 heteroatoms. The van der Waals surface area contributed by atoms with Crippen LogP contribution in [0.5, 0.6) is 0 Å². The van der Waals surface area contributed by atoms with Crippen molar-refractivity contribution < 1.29 is 0 Å². The van der Waals surface area contributed by atoms with E-state index in [1.165, 1.54) is 10.4 Å². The number of nitrogens with one attached hydrogen (secondary N) is 2. The predicted molar refractivity (Wildman–Crippen MR) is 109 cm³/mol. The van der Waals surface area contributed by atoms with E-state index in [2.05, 4.69) is 64.1 Å². The van der Waals surface area contributed by atoms with Gasteiger partial charge in [-0.05, 0) is 23.1 Å². The van der Waals surface area contributed by atoms with Gasteiger partial charge in [0.05, 0.1) is 12.0 Å². The smallest absolute Gasteiger partial charge is 0.191 e. The van der Waals surface area contributed by atoms with Crippen LogP contribution in [-0.4, -0.2) is 29.1 Å². The van der Waals surface area contributed by atoms with Crippen molar-refractivity contribution in [2.24, 2.45) is 4.99 Å². The summed E-state index contributed by atoms with van der Waals surface area (Å²) in [6.07, 6.45) is 5.56. The van der Waals surface area contributed by atoms with Crippen LogP contribution in [0.15, 0.2) is 65.5 Å². The average Bonchev–Trinajstić information content (AvgIpc) is 3.36. The zero-order valence-electron chi connectivity index (χ0n) is 15.4. The van der Waals surface area contributed by atoms with Gasteiger partial charge in [-0.1, -0.05) is 38.1 Å². The van der Waals surface area contributed by atoms with E-state index in [4.69, 9.17) is 0 Å². The number of benzene rings is 1. The first-order chi connectivity index (χ1) is 12.6. The zero-order chi connectivity index (χ0) is 18.4. The maximum atomic E-state index is 4.36. The van der Waals surface area contributed by atoms with Crippen LogP contribution < -0.4 is 10.6 Å². The van der Waals surface area contributed by atoms with E-state index < -0.39 is 0 Å². The lowest BCUT2D eigenvalue weighted by molar-refractivity contribution is 0.518. The van der Waals surface area contributed by atoms with E-state index in [9.17, 15) is 0 Å². The van der Waals surface area contributed by atoms with Crippen molar-refractivity contribution in [3.8, 4) is 5.69 Å². The van der Waals surface area contributed by atoms with E-state index in [-0.39, 0.29) is 5.41 Å². The second-order valence-electron chi connectivity index (χ2n) is 6.74. The van der Waals surface area contributed by atoms with Gasteiger partial charge in [0.25, 0.3) is 0 Å². The van der Waals surface area contributed by atoms with Crippen LogP contribution in [0.4, 0.5) is 0 Å². The number of aliphatic imine (C=N–C) groups is 1. The fourth-order valence-corrected chi connectivity index (χ4v) is 3.62. The number of nitrogens with zero attached hydrogens (tertiary/aromatic N) is 3. The molecule has 2 N–H and O–H groups in total. The lowest BCUT2D eigenvalue weighted by atomic mass is 9.91. The summed E-state index contributed by atoms with van der Waals surface area (Å²) in [6, 6.07) is 12.6. The van der Waals surface area contributed by atoms with Crippen LogP contribution in [0.25, 0.3) is 5.69 Å². The lowest BCUT2D eigenvalue weighted by Crippen LogP contribution is -2.43. The third-order valence-electron chi connectivity index (χ3n) is 4.33. The quantitative estimate of drug-likeness (QED) is 0.517. The average molecular weight is 368 g/mol. The molecule has 0 fully saturated rings. The summed E-state index contributed by atoms with van der Waals surface area (Å²) < 4.78 is 2.02. The molecule has 0 aliphatic heterocycles. The number of imidazole rings is 1. The van der Waals surface area contributed by atoms with E-state index in [0.717, 1.165) is 18.2 Å². The van der Waals surface area contributed by atoms with Crippen molar-refractivity contribution in [3.63, 3.8) is 0 Å². The molecule has 0 spiro atoms. The molecule has 1 aromatic carbocycles. The fraction of sp³-hybridized carbons (Fsp3) is 0.300. The van der Waals surface area contributed by atoms with Crippen LogP contribution in [0, 0.1) is 0 Å². The second kappa shape index (κ2) is 8.19. The van der Waals surface area contributed by atoms with Crippen molar-refractivity contribution in [2.45, 2.75) is 25.8 Å². The van der Waals surface area contributed by atoms with Gasteiger partial charge in [-0.3, -0.25) is 4.99 Å². The summed E-state index contributed by atoms with van der Waals surface area (Å²) in [5.74, 6) is 0.801. The molecule has 26 heavy (non-hydrogen) atoms. The van der Waals surface area contributed by atoms with Crippen molar-refractivity contribution in [1.29, 1.82) is 0 Å². The zero-order valence-corrected chi connectivity index (χ0v) is 16.3. The number of rotatable bonds is 6. The molecule has 3 aromatic rings.